The van der Waals surface area contributed by atoms with Crippen molar-refractivity contribution in [3.8, 4) is 6.01 Å². The maximum Gasteiger partial charge on any atom is 0.325 e. The highest BCUT2D eigenvalue weighted by Crippen LogP contribution is 2.22. The first-order chi connectivity index (χ1) is 14.2. The van der Waals surface area contributed by atoms with Crippen LogP contribution in [0.3, 0.4) is 0 Å². The number of hydrogen-bond acceptors (Lipinski definition) is 5. The van der Waals surface area contributed by atoms with Crippen molar-refractivity contribution in [3.05, 3.63) is 48.8 Å². The van der Waals surface area contributed by atoms with Crippen molar-refractivity contribution in [3.63, 3.8) is 0 Å². The number of urea groups is 1. The van der Waals surface area contributed by atoms with Gasteiger partial charge in [0.2, 0.25) is 5.91 Å². The quantitative estimate of drug-likeness (QED) is 0.810. The minimum absolute atomic E-state index is 0.0742. The molecule has 1 aromatic heterocycles. The molecule has 8 heteroatoms. The van der Waals surface area contributed by atoms with Crippen molar-refractivity contribution in [1.29, 1.82) is 0 Å². The van der Waals surface area contributed by atoms with Gasteiger partial charge in [-0.15, -0.1) is 0 Å². The van der Waals surface area contributed by atoms with Crippen LogP contribution in [-0.4, -0.2) is 58.6 Å². The monoisotopic (exact) mass is 395 g/mol. The summed E-state index contributed by atoms with van der Waals surface area (Å²) in [6.45, 7) is 1.25. The van der Waals surface area contributed by atoms with E-state index in [4.69, 9.17) is 4.74 Å². The van der Waals surface area contributed by atoms with Crippen LogP contribution in [-0.2, 0) is 4.79 Å². The van der Waals surface area contributed by atoms with Crippen molar-refractivity contribution < 1.29 is 14.3 Å². The van der Waals surface area contributed by atoms with E-state index in [0.717, 1.165) is 31.4 Å². The summed E-state index contributed by atoms with van der Waals surface area (Å²) >= 11 is 0. The molecule has 2 aromatic rings. The van der Waals surface area contributed by atoms with E-state index in [-0.39, 0.29) is 30.6 Å². The average Bonchev–Trinajstić information content (AvgIpc) is 3.11. The predicted molar refractivity (Wildman–Crippen MR) is 108 cm³/mol. The average molecular weight is 395 g/mol. The first-order valence-corrected chi connectivity index (χ1v) is 10.0. The van der Waals surface area contributed by atoms with E-state index < -0.39 is 0 Å². The first-order valence-electron chi connectivity index (χ1n) is 10.0. The molecule has 1 aromatic carbocycles. The molecule has 2 heterocycles. The molecule has 1 N–H and O–H groups in total. The van der Waals surface area contributed by atoms with Crippen LogP contribution in [0.15, 0.2) is 48.8 Å². The Bertz CT molecular complexity index is 825. The highest BCUT2D eigenvalue weighted by molar-refractivity contribution is 5.96. The summed E-state index contributed by atoms with van der Waals surface area (Å²) in [5.74, 6) is -0.107. The van der Waals surface area contributed by atoms with Gasteiger partial charge in [0.15, 0.2) is 0 Å². The Morgan fingerprint density at radius 2 is 1.76 bits per heavy atom. The van der Waals surface area contributed by atoms with Crippen LogP contribution in [0.1, 0.15) is 25.7 Å². The van der Waals surface area contributed by atoms with E-state index in [1.165, 1.54) is 0 Å². The Morgan fingerprint density at radius 1 is 1.03 bits per heavy atom. The van der Waals surface area contributed by atoms with Gasteiger partial charge in [0.05, 0.1) is 0 Å². The lowest BCUT2D eigenvalue weighted by atomic mass is 9.93. The van der Waals surface area contributed by atoms with Gasteiger partial charge >= 0.3 is 12.0 Å². The first kappa shape index (κ1) is 19.2. The molecule has 1 saturated heterocycles. The maximum atomic E-state index is 12.6. The minimum Gasteiger partial charge on any atom is -0.460 e. The molecule has 2 aliphatic rings. The van der Waals surface area contributed by atoms with Gasteiger partial charge in [0.1, 0.15) is 12.6 Å². The van der Waals surface area contributed by atoms with Crippen molar-refractivity contribution >= 4 is 17.6 Å². The smallest absolute Gasteiger partial charge is 0.325 e. The molecule has 2 fully saturated rings. The lowest BCUT2D eigenvalue weighted by Crippen LogP contribution is -2.45. The largest absolute Gasteiger partial charge is 0.460 e. The molecular weight excluding hydrogens is 370 g/mol. The standard InChI is InChI=1S/C21H25N5O3/c27-19(15-25-13-14-26(21(25)28)17-5-2-1-3-6-17)24-16-7-9-18(10-8-16)29-20-22-11-4-12-23-20/h1-6,11-12,16,18H,7-10,13-15H2,(H,24,27). The number of carbonyl (C=O) groups excluding carboxylic acids is 2. The molecule has 0 unspecified atom stereocenters. The lowest BCUT2D eigenvalue weighted by molar-refractivity contribution is -0.122. The second kappa shape index (κ2) is 8.89. The summed E-state index contributed by atoms with van der Waals surface area (Å²) < 4.78 is 5.79. The van der Waals surface area contributed by atoms with Crippen LogP contribution in [0.25, 0.3) is 0 Å². The van der Waals surface area contributed by atoms with Crippen LogP contribution >= 0.6 is 0 Å². The number of aromatic nitrogens is 2. The van der Waals surface area contributed by atoms with E-state index in [2.05, 4.69) is 15.3 Å². The van der Waals surface area contributed by atoms with Gasteiger partial charge in [0.25, 0.3) is 0 Å². The third-order valence-electron chi connectivity index (χ3n) is 5.35. The number of benzene rings is 1. The van der Waals surface area contributed by atoms with Crippen molar-refractivity contribution in [2.24, 2.45) is 0 Å². The molecule has 1 aliphatic heterocycles. The van der Waals surface area contributed by atoms with E-state index in [1.807, 2.05) is 30.3 Å². The Labute approximate surface area is 169 Å². The molecule has 8 nitrogen and oxygen atoms in total. The Hall–Kier alpha value is -3.16. The van der Waals surface area contributed by atoms with Crippen LogP contribution in [0.5, 0.6) is 6.01 Å². The molecule has 0 bridgehead atoms. The van der Waals surface area contributed by atoms with Gasteiger partial charge in [-0.05, 0) is 43.9 Å². The third-order valence-corrected chi connectivity index (χ3v) is 5.35. The van der Waals surface area contributed by atoms with Gasteiger partial charge in [-0.3, -0.25) is 9.69 Å². The number of amides is 3. The Kier molecular flexibility index (Phi) is 5.88. The van der Waals surface area contributed by atoms with Crippen molar-refractivity contribution in [2.45, 2.75) is 37.8 Å². The number of nitrogens with one attached hydrogen (secondary N) is 1. The fourth-order valence-electron chi connectivity index (χ4n) is 3.84. The van der Waals surface area contributed by atoms with Gasteiger partial charge in [-0.2, -0.15) is 0 Å². The number of para-hydroxylation sites is 1. The SMILES string of the molecule is O=C(CN1CCN(c2ccccc2)C1=O)NC1CCC(Oc2ncccn2)CC1. The zero-order valence-electron chi connectivity index (χ0n) is 16.2. The molecule has 1 saturated carbocycles. The zero-order valence-corrected chi connectivity index (χ0v) is 16.2. The highest BCUT2D eigenvalue weighted by Gasteiger charge is 2.31. The van der Waals surface area contributed by atoms with Crippen LogP contribution < -0.4 is 15.0 Å². The topological polar surface area (TPSA) is 87.7 Å². The molecule has 29 heavy (non-hydrogen) atoms. The molecule has 4 rings (SSSR count). The molecule has 0 spiro atoms. The van der Waals surface area contributed by atoms with Crippen molar-refractivity contribution in [1.82, 2.24) is 20.2 Å². The van der Waals surface area contributed by atoms with E-state index in [0.29, 0.717) is 19.1 Å². The molecule has 0 radical (unpaired) electrons. The number of carbonyl (C=O) groups is 2. The molecule has 1 aliphatic carbocycles. The predicted octanol–water partition coefficient (Wildman–Crippen LogP) is 2.22. The molecular formula is C21H25N5O3. The normalized spacial score (nSPS) is 21.9. The van der Waals surface area contributed by atoms with Gasteiger partial charge in [-0.25, -0.2) is 14.8 Å². The number of rotatable bonds is 6. The number of anilines is 1. The van der Waals surface area contributed by atoms with E-state index >= 15 is 0 Å². The van der Waals surface area contributed by atoms with Crippen LogP contribution in [0, 0.1) is 0 Å². The molecule has 3 amide bonds. The molecule has 0 atom stereocenters. The highest BCUT2D eigenvalue weighted by atomic mass is 16.5. The summed E-state index contributed by atoms with van der Waals surface area (Å²) in [6.07, 6.45) is 6.76. The molecule has 152 valence electrons. The van der Waals surface area contributed by atoms with E-state index in [1.54, 1.807) is 28.3 Å². The van der Waals surface area contributed by atoms with E-state index in [9.17, 15) is 9.59 Å². The fraction of sp³-hybridized carbons (Fsp3) is 0.429. The van der Waals surface area contributed by atoms with Crippen LogP contribution in [0.2, 0.25) is 0 Å². The Morgan fingerprint density at radius 3 is 2.48 bits per heavy atom. The zero-order chi connectivity index (χ0) is 20.1. The maximum absolute atomic E-state index is 12.6. The minimum atomic E-state index is -0.119. The summed E-state index contributed by atoms with van der Waals surface area (Å²) in [7, 11) is 0. The second-order valence-corrected chi connectivity index (χ2v) is 7.38. The summed E-state index contributed by atoms with van der Waals surface area (Å²) in [4.78, 5) is 36.5. The number of ether oxygens (including phenoxy) is 1. The third kappa shape index (κ3) is 4.82. The van der Waals surface area contributed by atoms with Crippen LogP contribution in [0.4, 0.5) is 10.5 Å². The summed E-state index contributed by atoms with van der Waals surface area (Å²) in [5, 5.41) is 3.07. The van der Waals surface area contributed by atoms with Crippen molar-refractivity contribution in [2.75, 3.05) is 24.5 Å². The fourth-order valence-corrected chi connectivity index (χ4v) is 3.84. The lowest BCUT2D eigenvalue weighted by Gasteiger charge is -2.29. The Balaban J connectivity index is 1.21. The van der Waals surface area contributed by atoms with Gasteiger partial charge in [-0.1, -0.05) is 18.2 Å². The number of nitrogens with zero attached hydrogens (tertiary/aromatic N) is 4. The summed E-state index contributed by atoms with van der Waals surface area (Å²) in [6, 6.07) is 11.7. The summed E-state index contributed by atoms with van der Waals surface area (Å²) in [5.41, 5.74) is 0.862. The second-order valence-electron chi connectivity index (χ2n) is 7.38. The van der Waals surface area contributed by atoms with Gasteiger partial charge in [0, 0.05) is 37.2 Å². The number of hydrogen-bond donors (Lipinski definition) is 1. The van der Waals surface area contributed by atoms with Gasteiger partial charge < -0.3 is 15.0 Å².